The lowest BCUT2D eigenvalue weighted by molar-refractivity contribution is 0.0941. The number of carbonyl (C=O) groups excluding carboxylic acids is 2. The first-order valence-corrected chi connectivity index (χ1v) is 9.99. The van der Waals surface area contributed by atoms with E-state index in [4.69, 9.17) is 0 Å². The third-order valence-electron chi connectivity index (χ3n) is 5.10. The lowest BCUT2D eigenvalue weighted by Crippen LogP contribution is -2.32. The molecule has 5 heteroatoms. The Labute approximate surface area is 167 Å². The van der Waals surface area contributed by atoms with Crippen molar-refractivity contribution in [2.45, 2.75) is 39.7 Å². The van der Waals surface area contributed by atoms with Crippen LogP contribution in [-0.4, -0.2) is 30.9 Å². The van der Waals surface area contributed by atoms with Gasteiger partial charge in [-0.3, -0.25) is 9.59 Å². The minimum atomic E-state index is -0.185. The van der Waals surface area contributed by atoms with Crippen molar-refractivity contribution in [2.75, 3.05) is 23.3 Å². The van der Waals surface area contributed by atoms with Crippen molar-refractivity contribution < 1.29 is 9.59 Å². The molecule has 0 unspecified atom stereocenters. The fourth-order valence-corrected chi connectivity index (χ4v) is 3.34. The topological polar surface area (TPSA) is 61.4 Å². The summed E-state index contributed by atoms with van der Waals surface area (Å²) in [4.78, 5) is 26.9. The van der Waals surface area contributed by atoms with Gasteiger partial charge in [-0.05, 0) is 81.1 Å². The molecule has 1 saturated heterocycles. The van der Waals surface area contributed by atoms with E-state index in [-0.39, 0.29) is 17.9 Å². The van der Waals surface area contributed by atoms with E-state index < -0.39 is 0 Å². The second-order valence-electron chi connectivity index (χ2n) is 7.88. The van der Waals surface area contributed by atoms with Gasteiger partial charge in [0.05, 0.1) is 0 Å². The Hall–Kier alpha value is -2.82. The Morgan fingerprint density at radius 3 is 1.96 bits per heavy atom. The van der Waals surface area contributed by atoms with Gasteiger partial charge in [0.2, 0.25) is 0 Å². The molecule has 5 nitrogen and oxygen atoms in total. The van der Waals surface area contributed by atoms with Gasteiger partial charge in [-0.15, -0.1) is 0 Å². The molecule has 0 spiro atoms. The highest BCUT2D eigenvalue weighted by atomic mass is 16.2. The molecule has 0 atom stereocenters. The second kappa shape index (κ2) is 8.91. The molecule has 2 aromatic carbocycles. The van der Waals surface area contributed by atoms with Crippen LogP contribution < -0.4 is 15.5 Å². The van der Waals surface area contributed by atoms with Crippen LogP contribution in [0.15, 0.2) is 48.5 Å². The molecule has 0 saturated carbocycles. The lowest BCUT2D eigenvalue weighted by Gasteiger charge is -2.32. The van der Waals surface area contributed by atoms with Crippen LogP contribution in [0.2, 0.25) is 0 Å². The smallest absolute Gasteiger partial charge is 0.255 e. The summed E-state index contributed by atoms with van der Waals surface area (Å²) in [6.07, 6.45) is 2.45. The number of benzene rings is 2. The van der Waals surface area contributed by atoms with Gasteiger partial charge in [0.25, 0.3) is 11.8 Å². The Kier molecular flexibility index (Phi) is 6.34. The number of nitrogens with one attached hydrogen (secondary N) is 2. The van der Waals surface area contributed by atoms with E-state index in [1.165, 1.54) is 18.5 Å². The van der Waals surface area contributed by atoms with Crippen molar-refractivity contribution in [3.63, 3.8) is 0 Å². The van der Waals surface area contributed by atoms with Crippen LogP contribution in [0.3, 0.4) is 0 Å². The molecule has 1 aliphatic rings. The molecule has 1 heterocycles. The average molecular weight is 380 g/mol. The maximum atomic E-state index is 12.5. The van der Waals surface area contributed by atoms with Gasteiger partial charge >= 0.3 is 0 Å². The number of nitrogens with zero attached hydrogens (tertiary/aromatic N) is 1. The highest BCUT2D eigenvalue weighted by Crippen LogP contribution is 2.24. The molecule has 0 aromatic heterocycles. The summed E-state index contributed by atoms with van der Waals surface area (Å²) in [5.74, 6) is 0.484. The van der Waals surface area contributed by atoms with Gasteiger partial charge < -0.3 is 15.5 Å². The summed E-state index contributed by atoms with van der Waals surface area (Å²) < 4.78 is 0. The lowest BCUT2D eigenvalue weighted by atomic mass is 9.99. The summed E-state index contributed by atoms with van der Waals surface area (Å²) >= 11 is 0. The highest BCUT2D eigenvalue weighted by Gasteiger charge is 2.16. The fraction of sp³-hybridized carbons (Fsp3) is 0.391. The maximum Gasteiger partial charge on any atom is 0.255 e. The summed E-state index contributed by atoms with van der Waals surface area (Å²) in [6, 6.07) is 14.8. The largest absolute Gasteiger partial charge is 0.372 e. The molecular formula is C23H29N3O2. The Bertz CT molecular complexity index is 805. The summed E-state index contributed by atoms with van der Waals surface area (Å²) in [5, 5.41) is 5.76. The number of anilines is 2. The van der Waals surface area contributed by atoms with Crippen molar-refractivity contribution in [3.8, 4) is 0 Å². The van der Waals surface area contributed by atoms with E-state index in [1.807, 2.05) is 26.0 Å². The normalized spacial score (nSPS) is 14.8. The molecule has 28 heavy (non-hydrogen) atoms. The zero-order valence-corrected chi connectivity index (χ0v) is 16.9. The molecule has 2 aromatic rings. The molecule has 0 radical (unpaired) electrons. The number of carbonyl (C=O) groups is 2. The molecule has 148 valence electrons. The number of hydrogen-bond donors (Lipinski definition) is 2. The van der Waals surface area contributed by atoms with Crippen LogP contribution >= 0.6 is 0 Å². The Balaban J connectivity index is 1.59. The first kappa shape index (κ1) is 19.9. The van der Waals surface area contributed by atoms with Crippen LogP contribution in [0, 0.1) is 5.92 Å². The molecule has 0 bridgehead atoms. The first-order valence-electron chi connectivity index (χ1n) is 9.99. The van der Waals surface area contributed by atoms with Gasteiger partial charge in [-0.1, -0.05) is 6.92 Å². The maximum absolute atomic E-state index is 12.5. The van der Waals surface area contributed by atoms with Gasteiger partial charge in [-0.25, -0.2) is 0 Å². The van der Waals surface area contributed by atoms with Crippen molar-refractivity contribution in [1.29, 1.82) is 0 Å². The van der Waals surface area contributed by atoms with E-state index in [2.05, 4.69) is 34.6 Å². The Morgan fingerprint density at radius 2 is 1.43 bits per heavy atom. The van der Waals surface area contributed by atoms with Crippen LogP contribution in [0.25, 0.3) is 0 Å². The highest BCUT2D eigenvalue weighted by molar-refractivity contribution is 6.05. The SMILES string of the molecule is CC1CCN(c2ccc(NC(=O)c3ccc(C(=O)NC(C)C)cc3)cc2)CC1. The van der Waals surface area contributed by atoms with Gasteiger partial charge in [0.15, 0.2) is 0 Å². The van der Waals surface area contributed by atoms with Gasteiger partial charge in [0, 0.05) is 41.6 Å². The van der Waals surface area contributed by atoms with E-state index in [0.29, 0.717) is 11.1 Å². The third-order valence-corrected chi connectivity index (χ3v) is 5.10. The standard InChI is InChI=1S/C23H29N3O2/c1-16(2)24-22(27)18-4-6-19(7-5-18)23(28)25-20-8-10-21(11-9-20)26-14-12-17(3)13-15-26/h4-11,16-17H,12-15H2,1-3H3,(H,24,27)(H,25,28). The van der Waals surface area contributed by atoms with Crippen LogP contribution in [0.5, 0.6) is 0 Å². The number of hydrogen-bond acceptors (Lipinski definition) is 3. The fourth-order valence-electron chi connectivity index (χ4n) is 3.34. The van der Waals surface area contributed by atoms with Crippen molar-refractivity contribution >= 4 is 23.2 Å². The summed E-state index contributed by atoms with van der Waals surface area (Å²) in [5.41, 5.74) is 3.03. The first-order chi connectivity index (χ1) is 13.4. The number of piperidine rings is 1. The van der Waals surface area contributed by atoms with Crippen LogP contribution in [-0.2, 0) is 0 Å². The van der Waals surface area contributed by atoms with Crippen molar-refractivity contribution in [3.05, 3.63) is 59.7 Å². The summed E-state index contributed by atoms with van der Waals surface area (Å²) in [7, 11) is 0. The predicted molar refractivity (Wildman–Crippen MR) is 114 cm³/mol. The third kappa shape index (κ3) is 5.12. The molecule has 0 aliphatic carbocycles. The number of amides is 2. The molecule has 1 fully saturated rings. The van der Waals surface area contributed by atoms with Crippen molar-refractivity contribution in [1.82, 2.24) is 5.32 Å². The molecule has 2 N–H and O–H groups in total. The zero-order chi connectivity index (χ0) is 20.1. The number of rotatable bonds is 5. The molecule has 1 aliphatic heterocycles. The van der Waals surface area contributed by atoms with Gasteiger partial charge in [0.1, 0.15) is 0 Å². The monoisotopic (exact) mass is 379 g/mol. The quantitative estimate of drug-likeness (QED) is 0.814. The van der Waals surface area contributed by atoms with Gasteiger partial charge in [-0.2, -0.15) is 0 Å². The van der Waals surface area contributed by atoms with E-state index in [0.717, 1.165) is 24.7 Å². The van der Waals surface area contributed by atoms with Crippen LogP contribution in [0.1, 0.15) is 54.3 Å². The second-order valence-corrected chi connectivity index (χ2v) is 7.88. The van der Waals surface area contributed by atoms with E-state index in [1.54, 1.807) is 24.3 Å². The van der Waals surface area contributed by atoms with E-state index >= 15 is 0 Å². The molecule has 2 amide bonds. The van der Waals surface area contributed by atoms with E-state index in [9.17, 15) is 9.59 Å². The van der Waals surface area contributed by atoms with Crippen LogP contribution in [0.4, 0.5) is 11.4 Å². The molecular weight excluding hydrogens is 350 g/mol. The molecule has 3 rings (SSSR count). The minimum Gasteiger partial charge on any atom is -0.372 e. The predicted octanol–water partition coefficient (Wildman–Crippen LogP) is 4.31. The van der Waals surface area contributed by atoms with Crippen molar-refractivity contribution in [2.24, 2.45) is 5.92 Å². The zero-order valence-electron chi connectivity index (χ0n) is 16.9. The Morgan fingerprint density at radius 1 is 0.893 bits per heavy atom. The minimum absolute atomic E-state index is 0.0757. The average Bonchev–Trinajstić information content (AvgIpc) is 2.69. The summed E-state index contributed by atoms with van der Waals surface area (Å²) in [6.45, 7) is 8.31.